The van der Waals surface area contributed by atoms with Crippen LogP contribution in [0.5, 0.6) is 0 Å². The first kappa shape index (κ1) is 23.4. The van der Waals surface area contributed by atoms with Gasteiger partial charge in [0.05, 0.1) is 5.69 Å². The summed E-state index contributed by atoms with van der Waals surface area (Å²) in [6.45, 7) is 6.87. The summed E-state index contributed by atoms with van der Waals surface area (Å²) >= 11 is 0. The molecule has 33 heavy (non-hydrogen) atoms. The van der Waals surface area contributed by atoms with Crippen LogP contribution in [0.4, 0.5) is 10.6 Å². The maximum Gasteiger partial charge on any atom is 0.354 e. The second-order valence-electron chi connectivity index (χ2n) is 8.94. The van der Waals surface area contributed by atoms with Crippen molar-refractivity contribution in [1.82, 2.24) is 24.7 Å². The Bertz CT molecular complexity index is 985. The number of amides is 2. The largest absolute Gasteiger partial charge is 0.354 e. The number of rotatable bonds is 6. The zero-order valence-electron chi connectivity index (χ0n) is 19.4. The van der Waals surface area contributed by atoms with Gasteiger partial charge in [0.2, 0.25) is 0 Å². The molecule has 2 atom stereocenters. The van der Waals surface area contributed by atoms with Gasteiger partial charge >= 0.3 is 11.7 Å². The molecular weight excluding hydrogens is 418 g/mol. The molecule has 178 valence electrons. The average molecular weight is 454 g/mol. The minimum absolute atomic E-state index is 0.232. The van der Waals surface area contributed by atoms with E-state index in [0.29, 0.717) is 25.2 Å². The topological polar surface area (TPSA) is 109 Å². The number of benzene rings is 1. The van der Waals surface area contributed by atoms with Gasteiger partial charge in [-0.05, 0) is 49.6 Å². The van der Waals surface area contributed by atoms with Crippen LogP contribution in [0, 0.1) is 0 Å². The Morgan fingerprint density at radius 2 is 1.97 bits per heavy atom. The number of anilines is 1. The maximum absolute atomic E-state index is 12.6. The number of aromatic nitrogens is 2. The van der Waals surface area contributed by atoms with Crippen LogP contribution in [-0.4, -0.2) is 70.2 Å². The minimum atomic E-state index is -0.424. The van der Waals surface area contributed by atoms with Crippen LogP contribution < -0.4 is 22.1 Å². The lowest BCUT2D eigenvalue weighted by Crippen LogP contribution is -2.48. The van der Waals surface area contributed by atoms with Crippen LogP contribution in [0.15, 0.2) is 41.3 Å². The van der Waals surface area contributed by atoms with Gasteiger partial charge in [-0.1, -0.05) is 25.5 Å². The number of nitrogens with two attached hydrogens (primary N) is 1. The van der Waals surface area contributed by atoms with Crippen LogP contribution in [-0.2, 0) is 6.54 Å². The van der Waals surface area contributed by atoms with E-state index in [1.807, 2.05) is 12.1 Å². The molecule has 1 aromatic carbocycles. The van der Waals surface area contributed by atoms with Crippen LogP contribution in [0.2, 0.25) is 0 Å². The fraction of sp³-hybridized carbons (Fsp3) is 0.542. The van der Waals surface area contributed by atoms with Crippen molar-refractivity contribution in [2.24, 2.45) is 5.73 Å². The number of hydrogen-bond donors (Lipinski definition) is 3. The smallest absolute Gasteiger partial charge is 0.328 e. The maximum atomic E-state index is 12.6. The van der Waals surface area contributed by atoms with Crippen molar-refractivity contribution in [2.45, 2.75) is 51.2 Å². The van der Waals surface area contributed by atoms with E-state index in [9.17, 15) is 9.59 Å². The molecule has 4 N–H and O–H groups in total. The van der Waals surface area contributed by atoms with Gasteiger partial charge in [0.25, 0.3) is 0 Å². The van der Waals surface area contributed by atoms with E-state index >= 15 is 0 Å². The van der Waals surface area contributed by atoms with Gasteiger partial charge in [-0.3, -0.25) is 14.8 Å². The Kier molecular flexibility index (Phi) is 7.74. The summed E-state index contributed by atoms with van der Waals surface area (Å²) in [5, 5.41) is 5.93. The Hall–Kier alpha value is -2.75. The van der Waals surface area contributed by atoms with Gasteiger partial charge < -0.3 is 16.0 Å². The zero-order valence-corrected chi connectivity index (χ0v) is 19.4. The lowest BCUT2D eigenvalue weighted by atomic mass is 9.90. The second-order valence-corrected chi connectivity index (χ2v) is 8.94. The van der Waals surface area contributed by atoms with Gasteiger partial charge in [-0.15, -0.1) is 0 Å². The molecule has 2 fully saturated rings. The first-order valence-electron chi connectivity index (χ1n) is 12.0. The number of urea groups is 1. The van der Waals surface area contributed by atoms with Gasteiger partial charge in [0.1, 0.15) is 5.82 Å². The summed E-state index contributed by atoms with van der Waals surface area (Å²) in [5.74, 6) is 0.265. The minimum Gasteiger partial charge on any atom is -0.328 e. The third-order valence-corrected chi connectivity index (χ3v) is 6.65. The van der Waals surface area contributed by atoms with E-state index in [2.05, 4.69) is 39.6 Å². The van der Waals surface area contributed by atoms with Crippen molar-refractivity contribution in [1.29, 1.82) is 0 Å². The Morgan fingerprint density at radius 1 is 1.21 bits per heavy atom. The highest BCUT2D eigenvalue weighted by atomic mass is 16.2. The van der Waals surface area contributed by atoms with E-state index in [4.69, 9.17) is 5.73 Å². The number of carbonyl (C=O) groups is 1. The van der Waals surface area contributed by atoms with Crippen molar-refractivity contribution in [3.05, 3.63) is 52.6 Å². The summed E-state index contributed by atoms with van der Waals surface area (Å²) in [5.41, 5.74) is 7.73. The molecule has 0 radical (unpaired) electrons. The molecule has 2 aliphatic rings. The van der Waals surface area contributed by atoms with Crippen molar-refractivity contribution in [2.75, 3.05) is 38.0 Å². The molecule has 1 aliphatic heterocycles. The lowest BCUT2D eigenvalue weighted by molar-refractivity contribution is 0.147. The highest BCUT2D eigenvalue weighted by Crippen LogP contribution is 2.23. The molecule has 1 unspecified atom stereocenters. The molecule has 1 aliphatic carbocycles. The summed E-state index contributed by atoms with van der Waals surface area (Å²) in [6.07, 6.45) is 6.24. The summed E-state index contributed by atoms with van der Waals surface area (Å²) in [4.78, 5) is 33.2. The molecule has 9 nitrogen and oxygen atoms in total. The molecule has 4 rings (SSSR count). The standard InChI is InChI=1S/C24H35N7O2/c1-2-29(21-5-3-4-19(25)16-21)17-18-6-8-20(9-7-18)31-13-10-22(28-24(31)33)27-23(32)30-14-11-26-12-15-30/h6-10,13,19,21,26H,2-5,11-12,14-17,25H2,1H3,(H,27,28,32,33)/t19-,21?/m1/s1. The Balaban J connectivity index is 1.39. The second kappa shape index (κ2) is 10.9. The van der Waals surface area contributed by atoms with Crippen molar-refractivity contribution in [3.63, 3.8) is 0 Å². The first-order valence-corrected chi connectivity index (χ1v) is 12.0. The van der Waals surface area contributed by atoms with Crippen molar-refractivity contribution < 1.29 is 4.79 Å². The van der Waals surface area contributed by atoms with Gasteiger partial charge in [-0.2, -0.15) is 4.98 Å². The molecule has 9 heteroatoms. The number of piperazine rings is 1. The monoisotopic (exact) mass is 453 g/mol. The molecule has 1 aromatic heterocycles. The molecule has 2 heterocycles. The third-order valence-electron chi connectivity index (χ3n) is 6.65. The number of hydrogen-bond acceptors (Lipinski definition) is 6. The lowest BCUT2D eigenvalue weighted by Gasteiger charge is -2.36. The SMILES string of the molecule is CCN(Cc1ccc(-n2ccc(NC(=O)N3CCNCC3)nc2=O)cc1)C1CCC[C@@H](N)C1. The van der Waals surface area contributed by atoms with Gasteiger partial charge in [0.15, 0.2) is 0 Å². The Labute approximate surface area is 195 Å². The molecule has 1 saturated heterocycles. The normalized spacial score (nSPS) is 21.2. The van der Waals surface area contributed by atoms with E-state index in [1.165, 1.54) is 23.0 Å². The highest BCUT2D eigenvalue weighted by Gasteiger charge is 2.24. The summed E-state index contributed by atoms with van der Waals surface area (Å²) < 4.78 is 1.49. The molecule has 1 saturated carbocycles. The van der Waals surface area contributed by atoms with Crippen LogP contribution >= 0.6 is 0 Å². The van der Waals surface area contributed by atoms with Gasteiger partial charge in [0, 0.05) is 51.0 Å². The third kappa shape index (κ3) is 5.98. The van der Waals surface area contributed by atoms with E-state index in [0.717, 1.165) is 44.7 Å². The number of carbonyl (C=O) groups excluding carboxylic acids is 1. The summed E-state index contributed by atoms with van der Waals surface area (Å²) in [7, 11) is 0. The quantitative estimate of drug-likeness (QED) is 0.615. The van der Waals surface area contributed by atoms with E-state index in [-0.39, 0.29) is 11.8 Å². The fourth-order valence-electron chi connectivity index (χ4n) is 4.75. The molecule has 0 spiro atoms. The Morgan fingerprint density at radius 3 is 2.64 bits per heavy atom. The predicted octanol–water partition coefficient (Wildman–Crippen LogP) is 1.76. The van der Waals surface area contributed by atoms with Crippen molar-refractivity contribution in [3.8, 4) is 5.69 Å². The van der Waals surface area contributed by atoms with E-state index in [1.54, 1.807) is 17.2 Å². The molecule has 2 amide bonds. The van der Waals surface area contributed by atoms with E-state index < -0.39 is 5.69 Å². The highest BCUT2D eigenvalue weighted by molar-refractivity contribution is 5.88. The fourth-order valence-corrected chi connectivity index (χ4v) is 4.75. The average Bonchev–Trinajstić information content (AvgIpc) is 2.84. The predicted molar refractivity (Wildman–Crippen MR) is 130 cm³/mol. The van der Waals surface area contributed by atoms with Crippen LogP contribution in [0.3, 0.4) is 0 Å². The van der Waals surface area contributed by atoms with Gasteiger partial charge in [-0.25, -0.2) is 9.59 Å². The molecule has 2 aromatic rings. The summed E-state index contributed by atoms with van der Waals surface area (Å²) in [6, 6.07) is 10.3. The van der Waals surface area contributed by atoms with Crippen LogP contribution in [0.25, 0.3) is 5.69 Å². The zero-order chi connectivity index (χ0) is 23.2. The first-order chi connectivity index (χ1) is 16.0. The molecule has 0 bridgehead atoms. The van der Waals surface area contributed by atoms with Crippen LogP contribution in [0.1, 0.15) is 38.2 Å². The number of nitrogens with one attached hydrogen (secondary N) is 2. The molecular formula is C24H35N7O2. The van der Waals surface area contributed by atoms with Crippen molar-refractivity contribution >= 4 is 11.8 Å². The number of nitrogens with zero attached hydrogens (tertiary/aromatic N) is 4.